The lowest BCUT2D eigenvalue weighted by atomic mass is 10.1. The third-order valence-electron chi connectivity index (χ3n) is 2.26. The van der Waals surface area contributed by atoms with E-state index in [-0.39, 0.29) is 12.3 Å². The molecular weight excluding hydrogens is 255 g/mol. The molecule has 1 aromatic heterocycles. The SMILES string of the molecule is O=C(Cc1cccc(Cl)c1)Nc1ccc(F)nc1. The molecule has 2 aromatic rings. The Morgan fingerprint density at radius 2 is 2.17 bits per heavy atom. The molecule has 0 saturated carbocycles. The lowest BCUT2D eigenvalue weighted by Gasteiger charge is -2.05. The van der Waals surface area contributed by atoms with Gasteiger partial charge < -0.3 is 5.32 Å². The van der Waals surface area contributed by atoms with Crippen LogP contribution in [0.2, 0.25) is 5.02 Å². The van der Waals surface area contributed by atoms with Gasteiger partial charge in [0.05, 0.1) is 18.3 Å². The highest BCUT2D eigenvalue weighted by atomic mass is 35.5. The molecule has 0 unspecified atom stereocenters. The fourth-order valence-corrected chi connectivity index (χ4v) is 1.70. The van der Waals surface area contributed by atoms with Crippen LogP contribution in [0.5, 0.6) is 0 Å². The van der Waals surface area contributed by atoms with E-state index in [0.717, 1.165) is 5.56 Å². The van der Waals surface area contributed by atoms with Gasteiger partial charge in [-0.15, -0.1) is 0 Å². The highest BCUT2D eigenvalue weighted by molar-refractivity contribution is 6.30. The van der Waals surface area contributed by atoms with Gasteiger partial charge in [0.15, 0.2) is 0 Å². The molecule has 0 aliphatic rings. The number of nitrogens with one attached hydrogen (secondary N) is 1. The molecule has 2 rings (SSSR count). The summed E-state index contributed by atoms with van der Waals surface area (Å²) in [6.07, 6.45) is 1.48. The first kappa shape index (κ1) is 12.5. The fourth-order valence-electron chi connectivity index (χ4n) is 1.49. The Labute approximate surface area is 109 Å². The number of carbonyl (C=O) groups excluding carboxylic acids is 1. The number of carbonyl (C=O) groups is 1. The quantitative estimate of drug-likeness (QED) is 0.866. The first-order valence-corrected chi connectivity index (χ1v) is 5.67. The van der Waals surface area contributed by atoms with Gasteiger partial charge in [0.2, 0.25) is 11.9 Å². The fraction of sp³-hybridized carbons (Fsp3) is 0.0769. The third kappa shape index (κ3) is 3.53. The van der Waals surface area contributed by atoms with Gasteiger partial charge in [-0.25, -0.2) is 4.98 Å². The average molecular weight is 265 g/mol. The zero-order valence-electron chi connectivity index (χ0n) is 9.36. The number of halogens is 2. The Hall–Kier alpha value is -1.94. The second-order valence-corrected chi connectivity index (χ2v) is 4.16. The van der Waals surface area contributed by atoms with Gasteiger partial charge in [0.1, 0.15) is 0 Å². The maximum Gasteiger partial charge on any atom is 0.228 e. The van der Waals surface area contributed by atoms with Crippen LogP contribution < -0.4 is 5.32 Å². The van der Waals surface area contributed by atoms with Gasteiger partial charge >= 0.3 is 0 Å². The molecule has 0 spiro atoms. The molecular formula is C13H10ClFN2O. The lowest BCUT2D eigenvalue weighted by Crippen LogP contribution is -2.14. The second-order valence-electron chi connectivity index (χ2n) is 3.72. The largest absolute Gasteiger partial charge is 0.324 e. The van der Waals surface area contributed by atoms with Crippen molar-refractivity contribution in [1.82, 2.24) is 4.98 Å². The molecule has 92 valence electrons. The van der Waals surface area contributed by atoms with Crippen molar-refractivity contribution in [3.05, 3.63) is 59.1 Å². The van der Waals surface area contributed by atoms with E-state index in [4.69, 9.17) is 11.6 Å². The molecule has 1 amide bonds. The van der Waals surface area contributed by atoms with E-state index in [1.807, 2.05) is 6.07 Å². The summed E-state index contributed by atoms with van der Waals surface area (Å²) in [5, 5.41) is 3.21. The number of anilines is 1. The summed E-state index contributed by atoms with van der Waals surface area (Å²) in [6.45, 7) is 0. The Morgan fingerprint density at radius 3 is 2.83 bits per heavy atom. The molecule has 5 heteroatoms. The summed E-state index contributed by atoms with van der Waals surface area (Å²) >= 11 is 5.82. The molecule has 0 atom stereocenters. The van der Waals surface area contributed by atoms with Crippen LogP contribution in [0.4, 0.5) is 10.1 Å². The van der Waals surface area contributed by atoms with Crippen molar-refractivity contribution < 1.29 is 9.18 Å². The maximum absolute atomic E-state index is 12.6. The number of hydrogen-bond acceptors (Lipinski definition) is 2. The standard InChI is InChI=1S/C13H10ClFN2O/c14-10-3-1-2-9(6-10)7-13(18)17-11-4-5-12(15)16-8-11/h1-6,8H,7H2,(H,17,18). The summed E-state index contributed by atoms with van der Waals surface area (Å²) < 4.78 is 12.6. The molecule has 0 radical (unpaired) electrons. The highest BCUT2D eigenvalue weighted by Gasteiger charge is 2.05. The van der Waals surface area contributed by atoms with Crippen LogP contribution in [0.3, 0.4) is 0 Å². The summed E-state index contributed by atoms with van der Waals surface area (Å²) in [5.74, 6) is -0.784. The molecule has 0 aliphatic carbocycles. The van der Waals surface area contributed by atoms with Crippen LogP contribution in [0, 0.1) is 5.95 Å². The van der Waals surface area contributed by atoms with E-state index in [2.05, 4.69) is 10.3 Å². The van der Waals surface area contributed by atoms with E-state index in [0.29, 0.717) is 10.7 Å². The van der Waals surface area contributed by atoms with E-state index < -0.39 is 5.95 Å². The molecule has 0 aliphatic heterocycles. The topological polar surface area (TPSA) is 42.0 Å². The first-order valence-electron chi connectivity index (χ1n) is 5.29. The van der Waals surface area contributed by atoms with E-state index in [1.54, 1.807) is 18.2 Å². The average Bonchev–Trinajstić information content (AvgIpc) is 2.32. The predicted octanol–water partition coefficient (Wildman–Crippen LogP) is 3.06. The number of aromatic nitrogens is 1. The minimum Gasteiger partial charge on any atom is -0.324 e. The van der Waals surface area contributed by atoms with Crippen LogP contribution in [0.1, 0.15) is 5.56 Å². The lowest BCUT2D eigenvalue weighted by molar-refractivity contribution is -0.115. The van der Waals surface area contributed by atoms with Crippen molar-refractivity contribution >= 4 is 23.2 Å². The Morgan fingerprint density at radius 1 is 1.33 bits per heavy atom. The molecule has 3 nitrogen and oxygen atoms in total. The van der Waals surface area contributed by atoms with Crippen molar-refractivity contribution in [3.63, 3.8) is 0 Å². The van der Waals surface area contributed by atoms with Crippen LogP contribution in [0.15, 0.2) is 42.6 Å². The smallest absolute Gasteiger partial charge is 0.228 e. The second kappa shape index (κ2) is 5.60. The van der Waals surface area contributed by atoms with Crippen LogP contribution in [-0.2, 0) is 11.2 Å². The maximum atomic E-state index is 12.6. The molecule has 1 N–H and O–H groups in total. The van der Waals surface area contributed by atoms with Crippen LogP contribution in [0.25, 0.3) is 0 Å². The Kier molecular flexibility index (Phi) is 3.89. The van der Waals surface area contributed by atoms with Gasteiger partial charge in [-0.05, 0) is 29.8 Å². The Balaban J connectivity index is 1.98. The van der Waals surface area contributed by atoms with E-state index in [9.17, 15) is 9.18 Å². The number of amides is 1. The van der Waals surface area contributed by atoms with Crippen LogP contribution in [-0.4, -0.2) is 10.9 Å². The van der Waals surface area contributed by atoms with Gasteiger partial charge in [0, 0.05) is 5.02 Å². The minimum absolute atomic E-state index is 0.203. The van der Waals surface area contributed by atoms with Gasteiger partial charge in [-0.2, -0.15) is 4.39 Å². The van der Waals surface area contributed by atoms with Crippen molar-refractivity contribution in [3.8, 4) is 0 Å². The molecule has 0 bridgehead atoms. The molecule has 1 aromatic carbocycles. The molecule has 0 saturated heterocycles. The predicted molar refractivity (Wildman–Crippen MR) is 68.0 cm³/mol. The minimum atomic E-state index is -0.581. The normalized spacial score (nSPS) is 10.1. The number of nitrogens with zero attached hydrogens (tertiary/aromatic N) is 1. The van der Waals surface area contributed by atoms with Gasteiger partial charge in [-0.1, -0.05) is 23.7 Å². The van der Waals surface area contributed by atoms with E-state index in [1.165, 1.54) is 18.3 Å². The van der Waals surface area contributed by atoms with Gasteiger partial charge in [0.25, 0.3) is 0 Å². The number of rotatable bonds is 3. The molecule has 1 heterocycles. The summed E-state index contributed by atoms with van der Waals surface area (Å²) in [7, 11) is 0. The van der Waals surface area contributed by atoms with Crippen molar-refractivity contribution in [2.45, 2.75) is 6.42 Å². The number of benzene rings is 1. The zero-order chi connectivity index (χ0) is 13.0. The highest BCUT2D eigenvalue weighted by Crippen LogP contribution is 2.12. The van der Waals surface area contributed by atoms with E-state index >= 15 is 0 Å². The molecule has 0 fully saturated rings. The Bertz CT molecular complexity index is 557. The van der Waals surface area contributed by atoms with Crippen molar-refractivity contribution in [2.24, 2.45) is 0 Å². The summed E-state index contributed by atoms with van der Waals surface area (Å²) in [6, 6.07) is 9.71. The van der Waals surface area contributed by atoms with Crippen molar-refractivity contribution in [2.75, 3.05) is 5.32 Å². The summed E-state index contributed by atoms with van der Waals surface area (Å²) in [5.41, 5.74) is 1.28. The molecule has 18 heavy (non-hydrogen) atoms. The number of hydrogen-bond donors (Lipinski definition) is 1. The van der Waals surface area contributed by atoms with Crippen molar-refractivity contribution in [1.29, 1.82) is 0 Å². The number of pyridine rings is 1. The summed E-state index contributed by atoms with van der Waals surface area (Å²) in [4.78, 5) is 15.2. The zero-order valence-corrected chi connectivity index (χ0v) is 10.1. The van der Waals surface area contributed by atoms with Gasteiger partial charge in [-0.3, -0.25) is 4.79 Å². The first-order chi connectivity index (χ1) is 8.63. The monoisotopic (exact) mass is 264 g/mol. The third-order valence-corrected chi connectivity index (χ3v) is 2.50. The van der Waals surface area contributed by atoms with Crippen LogP contribution >= 0.6 is 11.6 Å².